The van der Waals surface area contributed by atoms with Gasteiger partial charge in [-0.1, -0.05) is 51.1 Å². The van der Waals surface area contributed by atoms with Crippen LogP contribution in [0.15, 0.2) is 54.6 Å². The highest BCUT2D eigenvalue weighted by Crippen LogP contribution is 2.36. The lowest BCUT2D eigenvalue weighted by Crippen LogP contribution is -2.31. The summed E-state index contributed by atoms with van der Waals surface area (Å²) in [6.45, 7) is 9.46. The van der Waals surface area contributed by atoms with Gasteiger partial charge in [0.2, 0.25) is 0 Å². The first-order valence-corrected chi connectivity index (χ1v) is 11.0. The molecule has 3 aromatic rings. The van der Waals surface area contributed by atoms with Crippen LogP contribution in [0, 0.1) is 0 Å². The van der Waals surface area contributed by atoms with Crippen LogP contribution in [0.4, 0.5) is 0 Å². The minimum absolute atomic E-state index is 0.232. The average Bonchev–Trinajstić information content (AvgIpc) is 3.13. The van der Waals surface area contributed by atoms with Gasteiger partial charge in [0.1, 0.15) is 0 Å². The first-order chi connectivity index (χ1) is 15.1. The van der Waals surface area contributed by atoms with E-state index in [9.17, 15) is 9.59 Å². The highest BCUT2D eigenvalue weighted by Gasteiger charge is 2.26. The molecule has 164 valence electrons. The molecule has 0 bridgehead atoms. The van der Waals surface area contributed by atoms with E-state index in [0.717, 1.165) is 42.6 Å². The molecule has 1 amide bonds. The molecule has 0 fully saturated rings. The third-order valence-electron chi connectivity index (χ3n) is 5.39. The van der Waals surface area contributed by atoms with E-state index < -0.39 is 0 Å². The lowest BCUT2D eigenvalue weighted by Gasteiger charge is -2.18. The number of esters is 1. The van der Waals surface area contributed by atoms with Crippen molar-refractivity contribution in [2.45, 2.75) is 33.6 Å². The molecular formula is C25H31N3O3. The van der Waals surface area contributed by atoms with Crippen LogP contribution in [0.2, 0.25) is 0 Å². The van der Waals surface area contributed by atoms with E-state index >= 15 is 0 Å². The number of amides is 1. The number of rotatable bonds is 10. The van der Waals surface area contributed by atoms with E-state index in [1.807, 2.05) is 59.2 Å². The number of hydrogen-bond acceptors (Lipinski definition) is 4. The van der Waals surface area contributed by atoms with Crippen molar-refractivity contribution in [2.75, 3.05) is 26.2 Å². The van der Waals surface area contributed by atoms with Crippen molar-refractivity contribution < 1.29 is 14.3 Å². The Kier molecular flexibility index (Phi) is 7.84. The van der Waals surface area contributed by atoms with Gasteiger partial charge in [-0.2, -0.15) is 0 Å². The van der Waals surface area contributed by atoms with Crippen LogP contribution in [0.1, 0.15) is 44.1 Å². The van der Waals surface area contributed by atoms with Gasteiger partial charge >= 0.3 is 5.97 Å². The molecule has 1 heterocycles. The Morgan fingerprint density at radius 3 is 2.32 bits per heavy atom. The maximum absolute atomic E-state index is 13.3. The third kappa shape index (κ3) is 5.14. The van der Waals surface area contributed by atoms with E-state index in [-0.39, 0.29) is 18.3 Å². The zero-order valence-corrected chi connectivity index (χ0v) is 18.6. The second-order valence-corrected chi connectivity index (χ2v) is 7.33. The van der Waals surface area contributed by atoms with Crippen LogP contribution in [0.3, 0.4) is 0 Å². The van der Waals surface area contributed by atoms with E-state index in [1.54, 1.807) is 6.92 Å². The van der Waals surface area contributed by atoms with Crippen LogP contribution in [0.25, 0.3) is 16.6 Å². The van der Waals surface area contributed by atoms with Crippen LogP contribution in [-0.4, -0.2) is 47.5 Å². The van der Waals surface area contributed by atoms with Gasteiger partial charge in [-0.3, -0.25) is 9.59 Å². The van der Waals surface area contributed by atoms with Crippen molar-refractivity contribution in [1.29, 1.82) is 0 Å². The first-order valence-electron chi connectivity index (χ1n) is 11.0. The molecule has 6 nitrogen and oxygen atoms in total. The van der Waals surface area contributed by atoms with Gasteiger partial charge < -0.3 is 19.5 Å². The van der Waals surface area contributed by atoms with Gasteiger partial charge in [0.25, 0.3) is 5.91 Å². The van der Waals surface area contributed by atoms with Gasteiger partial charge in [0.05, 0.1) is 5.52 Å². The molecule has 0 saturated heterocycles. The normalized spacial score (nSPS) is 11.1. The average molecular weight is 422 g/mol. The number of carbonyl (C=O) groups is 2. The SMILES string of the molecule is CCC(=O)Oc1c(C(=O)NCCCN(CC)CC)n(-c2ccccc2)c2ccccc12. The molecule has 31 heavy (non-hydrogen) atoms. The van der Waals surface area contributed by atoms with E-state index in [0.29, 0.717) is 18.0 Å². The maximum atomic E-state index is 13.3. The molecule has 0 aliphatic heterocycles. The van der Waals surface area contributed by atoms with Gasteiger partial charge in [-0.15, -0.1) is 0 Å². The summed E-state index contributed by atoms with van der Waals surface area (Å²) in [4.78, 5) is 27.8. The summed E-state index contributed by atoms with van der Waals surface area (Å²) in [5, 5.41) is 3.76. The number of hydrogen-bond donors (Lipinski definition) is 1. The number of ether oxygens (including phenoxy) is 1. The van der Waals surface area contributed by atoms with Gasteiger partial charge in [0, 0.05) is 24.0 Å². The zero-order chi connectivity index (χ0) is 22.2. The fourth-order valence-corrected chi connectivity index (χ4v) is 3.68. The number of fused-ring (bicyclic) bond motifs is 1. The lowest BCUT2D eigenvalue weighted by molar-refractivity contribution is -0.133. The molecule has 0 saturated carbocycles. The van der Waals surface area contributed by atoms with Crippen LogP contribution in [0.5, 0.6) is 5.75 Å². The van der Waals surface area contributed by atoms with Crippen molar-refractivity contribution in [3.8, 4) is 11.4 Å². The third-order valence-corrected chi connectivity index (χ3v) is 5.39. The smallest absolute Gasteiger partial charge is 0.310 e. The molecule has 1 N–H and O–H groups in total. The van der Waals surface area contributed by atoms with Gasteiger partial charge in [-0.05, 0) is 50.3 Å². The Morgan fingerprint density at radius 2 is 1.65 bits per heavy atom. The minimum atomic E-state index is -0.369. The van der Waals surface area contributed by atoms with Crippen molar-refractivity contribution in [3.63, 3.8) is 0 Å². The Morgan fingerprint density at radius 1 is 0.968 bits per heavy atom. The Hall–Kier alpha value is -3.12. The second kappa shape index (κ2) is 10.8. The molecule has 0 atom stereocenters. The fraction of sp³-hybridized carbons (Fsp3) is 0.360. The molecule has 6 heteroatoms. The molecular weight excluding hydrogens is 390 g/mol. The summed E-state index contributed by atoms with van der Waals surface area (Å²) in [5.41, 5.74) is 2.00. The molecule has 0 aliphatic rings. The number of aromatic nitrogens is 1. The largest absolute Gasteiger partial charge is 0.423 e. The highest BCUT2D eigenvalue weighted by atomic mass is 16.5. The van der Waals surface area contributed by atoms with Crippen molar-refractivity contribution in [3.05, 3.63) is 60.3 Å². The highest BCUT2D eigenvalue weighted by molar-refractivity contribution is 6.06. The zero-order valence-electron chi connectivity index (χ0n) is 18.6. The molecule has 0 radical (unpaired) electrons. The Bertz CT molecular complexity index is 1020. The summed E-state index contributed by atoms with van der Waals surface area (Å²) in [6.07, 6.45) is 1.08. The predicted octanol–water partition coefficient (Wildman–Crippen LogP) is 4.41. The standard InChI is InChI=1S/C25H31N3O3/c1-4-22(29)31-24-20-15-10-11-16-21(20)28(19-13-8-7-9-14-19)23(24)25(30)26-17-12-18-27(5-2)6-3/h7-11,13-16H,4-6,12,17-18H2,1-3H3,(H,26,30). The fourth-order valence-electron chi connectivity index (χ4n) is 3.68. The monoisotopic (exact) mass is 421 g/mol. The van der Waals surface area contributed by atoms with E-state index in [2.05, 4.69) is 24.1 Å². The van der Waals surface area contributed by atoms with Crippen LogP contribution >= 0.6 is 0 Å². The van der Waals surface area contributed by atoms with Crippen molar-refractivity contribution >= 4 is 22.8 Å². The van der Waals surface area contributed by atoms with E-state index in [4.69, 9.17) is 4.74 Å². The van der Waals surface area contributed by atoms with Gasteiger partial charge in [-0.25, -0.2) is 0 Å². The van der Waals surface area contributed by atoms with Crippen LogP contribution < -0.4 is 10.1 Å². The number of para-hydroxylation sites is 2. The predicted molar refractivity (Wildman–Crippen MR) is 124 cm³/mol. The minimum Gasteiger partial charge on any atom is -0.423 e. The molecule has 0 aliphatic carbocycles. The Balaban J connectivity index is 2.00. The maximum Gasteiger partial charge on any atom is 0.310 e. The summed E-state index contributed by atoms with van der Waals surface area (Å²) in [6, 6.07) is 17.3. The first kappa shape index (κ1) is 22.6. The summed E-state index contributed by atoms with van der Waals surface area (Å²) >= 11 is 0. The number of nitrogens with zero attached hydrogens (tertiary/aromatic N) is 2. The molecule has 2 aromatic carbocycles. The topological polar surface area (TPSA) is 63.6 Å². The molecule has 3 rings (SSSR count). The second-order valence-electron chi connectivity index (χ2n) is 7.33. The number of carbonyl (C=O) groups excluding carboxylic acids is 2. The van der Waals surface area contributed by atoms with Crippen molar-refractivity contribution in [1.82, 2.24) is 14.8 Å². The molecule has 0 unspecified atom stereocenters. The summed E-state index contributed by atoms with van der Waals surface area (Å²) < 4.78 is 7.55. The number of nitrogens with one attached hydrogen (secondary N) is 1. The van der Waals surface area contributed by atoms with Gasteiger partial charge in [0.15, 0.2) is 11.4 Å². The molecule has 1 aromatic heterocycles. The quantitative estimate of drug-likeness (QED) is 0.389. The van der Waals surface area contributed by atoms with E-state index in [1.165, 1.54) is 0 Å². The molecule has 0 spiro atoms. The number of benzene rings is 2. The summed E-state index contributed by atoms with van der Waals surface area (Å²) in [5.74, 6) is -0.308. The lowest BCUT2D eigenvalue weighted by atomic mass is 10.2. The van der Waals surface area contributed by atoms with Crippen molar-refractivity contribution in [2.24, 2.45) is 0 Å². The Labute approximate surface area is 183 Å². The summed E-state index contributed by atoms with van der Waals surface area (Å²) in [7, 11) is 0. The van der Waals surface area contributed by atoms with Crippen LogP contribution in [-0.2, 0) is 4.79 Å².